The van der Waals surface area contributed by atoms with Gasteiger partial charge in [-0.3, -0.25) is 14.0 Å². The Balaban J connectivity index is 0.000000228. The first-order valence-corrected chi connectivity index (χ1v) is 26.3. The summed E-state index contributed by atoms with van der Waals surface area (Å²) in [6.45, 7) is 5.80. The van der Waals surface area contributed by atoms with Crippen LogP contribution in [0.2, 0.25) is 0 Å². The maximum absolute atomic E-state index is 13.1. The molecular formula is C44H50N3O15PS2. The maximum atomic E-state index is 13.1. The van der Waals surface area contributed by atoms with E-state index in [2.05, 4.69) is 10.4 Å². The van der Waals surface area contributed by atoms with Gasteiger partial charge in [0, 0.05) is 62.0 Å². The van der Waals surface area contributed by atoms with Crippen LogP contribution < -0.4 is 24.3 Å². The Labute approximate surface area is 377 Å². The molecule has 2 fully saturated rings. The quantitative estimate of drug-likeness (QED) is 0.0716. The summed E-state index contributed by atoms with van der Waals surface area (Å²) in [4.78, 5) is 25.4. The number of benzene rings is 4. The van der Waals surface area contributed by atoms with E-state index in [9.17, 15) is 31.0 Å². The number of amides is 1. The third-order valence-corrected chi connectivity index (χ3v) is 13.4. The molecule has 0 bridgehead atoms. The minimum absolute atomic E-state index is 0.0829. The van der Waals surface area contributed by atoms with Gasteiger partial charge in [-0.05, 0) is 79.7 Å². The van der Waals surface area contributed by atoms with Gasteiger partial charge in [0.2, 0.25) is 7.37 Å². The molecule has 1 N–H and O–H groups in total. The van der Waals surface area contributed by atoms with Gasteiger partial charge >= 0.3 is 5.97 Å². The molecule has 7 rings (SSSR count). The van der Waals surface area contributed by atoms with Gasteiger partial charge in [-0.25, -0.2) is 21.6 Å². The zero-order valence-electron chi connectivity index (χ0n) is 36.3. The van der Waals surface area contributed by atoms with Crippen molar-refractivity contribution in [2.24, 2.45) is 0 Å². The fraction of sp³-hybridized carbons (Fsp3) is 0.341. The number of esters is 1. The molecule has 18 nitrogen and oxygen atoms in total. The number of ether oxygens (including phenoxy) is 7. The molecule has 65 heavy (non-hydrogen) atoms. The van der Waals surface area contributed by atoms with Gasteiger partial charge in [-0.2, -0.15) is 5.10 Å². The van der Waals surface area contributed by atoms with E-state index in [1.165, 1.54) is 60.9 Å². The lowest BCUT2D eigenvalue weighted by atomic mass is 10.1. The lowest BCUT2D eigenvalue weighted by Gasteiger charge is -2.15. The van der Waals surface area contributed by atoms with Gasteiger partial charge in [0.05, 0.1) is 55.5 Å². The van der Waals surface area contributed by atoms with Crippen LogP contribution in [-0.4, -0.2) is 110 Å². The van der Waals surface area contributed by atoms with E-state index in [0.717, 1.165) is 25.4 Å². The van der Waals surface area contributed by atoms with E-state index >= 15 is 0 Å². The number of methoxy groups -OCH3 is 1. The number of hydrogen-bond donors (Lipinski definition) is 1. The van der Waals surface area contributed by atoms with Gasteiger partial charge in [0.15, 0.2) is 25.5 Å². The van der Waals surface area contributed by atoms with Crippen molar-refractivity contribution in [1.82, 2.24) is 9.78 Å². The minimum atomic E-state index is -3.34. The zero-order chi connectivity index (χ0) is 46.8. The number of aromatic nitrogens is 2. The van der Waals surface area contributed by atoms with Crippen LogP contribution >= 0.6 is 7.37 Å². The standard InChI is InChI=1S/C25H30N3O8PS.C19H20O7S/c1-4-34-37(2,30)17-28-11-9-24(27-28)26-25(29)18-13-21(15-22(14-18)36-20-10-12-33-16-20)35-19-5-7-23(8-6-19)38(3,31)32;1-23-19(20)13-9-16(11-17(10-13)26-15-7-8-24-12-15)25-14-3-5-18(6-4-14)27(2,21)22/h5-9,11,13-15,20H,4,10,12,16-17H2,1-3H3,(H,26,27,29);3-6,9-11,15H,7-8,12H2,1-2H3/t20?,37-;/m0./s1. The van der Waals surface area contributed by atoms with Crippen LogP contribution in [0.15, 0.2) is 107 Å². The van der Waals surface area contributed by atoms with Crippen LogP contribution in [0.1, 0.15) is 40.5 Å². The SMILES string of the molecule is CCO[P@](C)(=O)Cn1ccc(NC(=O)c2cc(Oc3ccc(S(C)(=O)=O)cc3)cc(OC3CCOC3)c2)n1.COC(=O)c1cc(Oc2ccc(S(C)(=O)=O)cc2)cc(OC2CCOC2)c1. The van der Waals surface area contributed by atoms with Crippen molar-refractivity contribution in [3.05, 3.63) is 108 Å². The molecule has 2 aliphatic heterocycles. The molecule has 1 aromatic heterocycles. The van der Waals surface area contributed by atoms with E-state index in [0.29, 0.717) is 67.5 Å². The number of nitrogens with zero attached hydrogens (tertiary/aromatic N) is 2. The fourth-order valence-electron chi connectivity index (χ4n) is 6.42. The fourth-order valence-corrected chi connectivity index (χ4v) is 8.99. The molecule has 2 saturated heterocycles. The van der Waals surface area contributed by atoms with Crippen molar-refractivity contribution in [2.75, 3.05) is 64.6 Å². The summed E-state index contributed by atoms with van der Waals surface area (Å²) in [7, 11) is -8.18. The number of carbonyl (C=O) groups is 2. The smallest absolute Gasteiger partial charge is 0.338 e. The van der Waals surface area contributed by atoms with Crippen LogP contribution in [-0.2, 0) is 49.3 Å². The molecule has 2 unspecified atom stereocenters. The topological polar surface area (TPSA) is 223 Å². The van der Waals surface area contributed by atoms with Crippen LogP contribution in [0, 0.1) is 0 Å². The van der Waals surface area contributed by atoms with E-state index in [-0.39, 0.29) is 45.2 Å². The number of sulfone groups is 2. The normalized spacial score (nSPS) is 16.9. The van der Waals surface area contributed by atoms with Gasteiger partial charge in [0.1, 0.15) is 53.0 Å². The maximum Gasteiger partial charge on any atom is 0.338 e. The van der Waals surface area contributed by atoms with Crippen LogP contribution in [0.5, 0.6) is 34.5 Å². The second kappa shape index (κ2) is 21.5. The molecule has 348 valence electrons. The first-order valence-electron chi connectivity index (χ1n) is 20.2. The largest absolute Gasteiger partial charge is 0.488 e. The van der Waals surface area contributed by atoms with Crippen LogP contribution in [0.4, 0.5) is 5.82 Å². The lowest BCUT2D eigenvalue weighted by Crippen LogP contribution is -2.17. The molecular weight excluding hydrogens is 906 g/mol. The Bertz CT molecular complexity index is 2720. The molecule has 0 radical (unpaired) electrons. The van der Waals surface area contributed by atoms with Crippen molar-refractivity contribution in [3.63, 3.8) is 0 Å². The second-order valence-corrected chi connectivity index (χ2v) is 21.6. The average Bonchev–Trinajstić information content (AvgIpc) is 4.05. The van der Waals surface area contributed by atoms with E-state index in [1.807, 2.05) is 0 Å². The Morgan fingerprint density at radius 3 is 1.65 bits per heavy atom. The Kier molecular flexibility index (Phi) is 16.1. The van der Waals surface area contributed by atoms with Crippen molar-refractivity contribution in [2.45, 2.75) is 48.1 Å². The summed E-state index contributed by atoms with van der Waals surface area (Å²) in [6, 6.07) is 23.2. The second-order valence-electron chi connectivity index (χ2n) is 15.0. The third kappa shape index (κ3) is 14.6. The first kappa shape index (κ1) is 48.7. The molecule has 0 saturated carbocycles. The van der Waals surface area contributed by atoms with Gasteiger partial charge in [-0.1, -0.05) is 0 Å². The summed E-state index contributed by atoms with van der Waals surface area (Å²) in [5.41, 5.74) is 0.547. The molecule has 5 aromatic rings. The molecule has 1 amide bonds. The van der Waals surface area contributed by atoms with Gasteiger partial charge in [-0.15, -0.1) is 0 Å². The van der Waals surface area contributed by atoms with E-state index in [4.69, 9.17) is 37.7 Å². The van der Waals surface area contributed by atoms with Crippen LogP contribution in [0.25, 0.3) is 0 Å². The summed E-state index contributed by atoms with van der Waals surface area (Å²) >= 11 is 0. The first-order chi connectivity index (χ1) is 30.8. The Morgan fingerprint density at radius 1 is 0.723 bits per heavy atom. The molecule has 0 aliphatic carbocycles. The summed E-state index contributed by atoms with van der Waals surface area (Å²) in [6.07, 6.45) is 5.22. The molecule has 0 spiro atoms. The van der Waals surface area contributed by atoms with E-state index in [1.54, 1.807) is 61.7 Å². The number of nitrogens with one attached hydrogen (secondary N) is 1. The lowest BCUT2D eigenvalue weighted by molar-refractivity contribution is 0.0599. The average molecular weight is 956 g/mol. The van der Waals surface area contributed by atoms with E-state index < -0.39 is 38.9 Å². The summed E-state index contributed by atoms with van der Waals surface area (Å²) < 4.78 is 105. The highest BCUT2D eigenvalue weighted by Gasteiger charge is 2.22. The monoisotopic (exact) mass is 955 g/mol. The van der Waals surface area contributed by atoms with Gasteiger partial charge in [0.25, 0.3) is 5.91 Å². The molecule has 21 heteroatoms. The number of carbonyl (C=O) groups excluding carboxylic acids is 2. The minimum Gasteiger partial charge on any atom is -0.488 e. The van der Waals surface area contributed by atoms with Crippen molar-refractivity contribution in [3.8, 4) is 34.5 Å². The summed E-state index contributed by atoms with van der Waals surface area (Å²) in [5, 5.41) is 7.00. The van der Waals surface area contributed by atoms with Gasteiger partial charge < -0.3 is 43.0 Å². The molecule has 2 aliphatic rings. The highest BCUT2D eigenvalue weighted by Crippen LogP contribution is 2.44. The Hall–Kier alpha value is -5.76. The third-order valence-electron chi connectivity index (χ3n) is 9.49. The number of rotatable bonds is 17. The number of hydrogen-bond acceptors (Lipinski definition) is 16. The van der Waals surface area contributed by atoms with Crippen molar-refractivity contribution in [1.29, 1.82) is 0 Å². The predicted octanol–water partition coefficient (Wildman–Crippen LogP) is 7.24. The summed E-state index contributed by atoms with van der Waals surface area (Å²) in [5.74, 6) is 1.72. The van der Waals surface area contributed by atoms with Crippen molar-refractivity contribution >= 4 is 44.7 Å². The predicted molar refractivity (Wildman–Crippen MR) is 239 cm³/mol. The Morgan fingerprint density at radius 2 is 1.20 bits per heavy atom. The highest BCUT2D eigenvalue weighted by molar-refractivity contribution is 7.91. The van der Waals surface area contributed by atoms with Crippen molar-refractivity contribution < 1.29 is 68.7 Å². The van der Waals surface area contributed by atoms with Crippen LogP contribution in [0.3, 0.4) is 0 Å². The molecule has 3 heterocycles. The zero-order valence-corrected chi connectivity index (χ0v) is 38.9. The highest BCUT2D eigenvalue weighted by atomic mass is 32.2. The molecule has 4 aromatic carbocycles. The number of anilines is 1. The molecule has 3 atom stereocenters.